The van der Waals surface area contributed by atoms with Crippen molar-refractivity contribution in [2.75, 3.05) is 5.75 Å². The van der Waals surface area contributed by atoms with Crippen molar-refractivity contribution in [3.05, 3.63) is 35.2 Å². The molecular weight excluding hydrogens is 258 g/mol. The van der Waals surface area contributed by atoms with Crippen molar-refractivity contribution in [2.45, 2.75) is 6.04 Å². The Morgan fingerprint density at radius 3 is 2.33 bits per heavy atom. The summed E-state index contributed by atoms with van der Waals surface area (Å²) in [4.78, 5) is 11.8. The third-order valence-electron chi connectivity index (χ3n) is 2.41. The van der Waals surface area contributed by atoms with Crippen molar-refractivity contribution in [3.63, 3.8) is 0 Å². The second-order valence-electron chi connectivity index (χ2n) is 3.98. The van der Waals surface area contributed by atoms with Crippen LogP contribution in [0.15, 0.2) is 29.7 Å². The van der Waals surface area contributed by atoms with Crippen molar-refractivity contribution in [1.29, 1.82) is 0 Å². The van der Waals surface area contributed by atoms with Crippen LogP contribution in [-0.4, -0.2) is 36.3 Å². The Kier molecular flexibility index (Phi) is 3.00. The molecule has 96 valence electrons. The molecule has 1 heterocycles. The lowest BCUT2D eigenvalue weighted by atomic mass is 10.1. The van der Waals surface area contributed by atoms with Gasteiger partial charge in [-0.05, 0) is 18.2 Å². The van der Waals surface area contributed by atoms with Crippen molar-refractivity contribution < 1.29 is 23.4 Å². The highest BCUT2D eigenvalue weighted by Crippen LogP contribution is 2.20. The zero-order chi connectivity index (χ0) is 13.3. The minimum absolute atomic E-state index is 0.0604. The largest absolute Gasteiger partial charge is 0.508 e. The van der Waals surface area contributed by atoms with Gasteiger partial charge in [0.05, 0.1) is 11.8 Å². The number of carbonyl (C=O) groups excluding carboxylic acids is 1. The summed E-state index contributed by atoms with van der Waals surface area (Å²) in [5.74, 6) is -1.22. The van der Waals surface area contributed by atoms with Gasteiger partial charge >= 0.3 is 0 Å². The summed E-state index contributed by atoms with van der Waals surface area (Å²) >= 11 is 0. The van der Waals surface area contributed by atoms with Gasteiger partial charge in [0.2, 0.25) is 0 Å². The number of rotatable bonds is 2. The first-order chi connectivity index (χ1) is 8.35. The Bertz CT molecular complexity index is 600. The molecule has 0 saturated carbocycles. The fraction of sp³-hybridized carbons (Fsp3) is 0.182. The maximum atomic E-state index is 11.8. The SMILES string of the molecule is O=C(NC1C=CS(=O)(=O)C1)c1cc(O)cc(O)c1. The van der Waals surface area contributed by atoms with Gasteiger partial charge in [-0.2, -0.15) is 0 Å². The van der Waals surface area contributed by atoms with Crippen LogP contribution in [0.4, 0.5) is 0 Å². The van der Waals surface area contributed by atoms with E-state index in [1.165, 1.54) is 18.2 Å². The average molecular weight is 269 g/mol. The second kappa shape index (κ2) is 4.34. The number of aromatic hydroxyl groups is 2. The highest BCUT2D eigenvalue weighted by molar-refractivity contribution is 7.94. The predicted octanol–water partition coefficient (Wildman–Crippen LogP) is 0.138. The van der Waals surface area contributed by atoms with E-state index in [0.29, 0.717) is 0 Å². The number of amides is 1. The first-order valence-corrected chi connectivity index (χ1v) is 6.82. The van der Waals surface area contributed by atoms with Crippen molar-refractivity contribution in [3.8, 4) is 11.5 Å². The maximum Gasteiger partial charge on any atom is 0.252 e. The van der Waals surface area contributed by atoms with Crippen LogP contribution in [0.3, 0.4) is 0 Å². The van der Waals surface area contributed by atoms with E-state index >= 15 is 0 Å². The van der Waals surface area contributed by atoms with Crippen molar-refractivity contribution in [1.82, 2.24) is 5.32 Å². The number of phenolic OH excluding ortho intramolecular Hbond substituents is 2. The van der Waals surface area contributed by atoms with E-state index in [4.69, 9.17) is 0 Å². The molecule has 1 amide bonds. The highest BCUT2D eigenvalue weighted by atomic mass is 32.2. The number of carbonyl (C=O) groups is 1. The minimum atomic E-state index is -3.23. The molecule has 1 aromatic rings. The first kappa shape index (κ1) is 12.4. The molecule has 18 heavy (non-hydrogen) atoms. The molecule has 0 aromatic heterocycles. The number of hydrogen-bond acceptors (Lipinski definition) is 5. The van der Waals surface area contributed by atoms with Gasteiger partial charge in [0.1, 0.15) is 11.5 Å². The molecule has 0 saturated heterocycles. The third kappa shape index (κ3) is 2.80. The van der Waals surface area contributed by atoms with E-state index in [1.54, 1.807) is 0 Å². The molecule has 2 rings (SSSR count). The number of phenols is 2. The molecule has 0 fully saturated rings. The van der Waals surface area contributed by atoms with Crippen LogP contribution in [0.25, 0.3) is 0 Å². The zero-order valence-electron chi connectivity index (χ0n) is 9.20. The van der Waals surface area contributed by atoms with Crippen LogP contribution < -0.4 is 5.32 Å². The van der Waals surface area contributed by atoms with E-state index < -0.39 is 21.8 Å². The van der Waals surface area contributed by atoms with Gasteiger partial charge in [0.25, 0.3) is 5.91 Å². The average Bonchev–Trinajstić information content (AvgIpc) is 2.56. The number of nitrogens with one attached hydrogen (secondary N) is 1. The molecule has 1 aromatic carbocycles. The van der Waals surface area contributed by atoms with Crippen LogP contribution in [0.1, 0.15) is 10.4 Å². The normalized spacial score (nSPS) is 20.8. The zero-order valence-corrected chi connectivity index (χ0v) is 10.0. The van der Waals surface area contributed by atoms with Gasteiger partial charge in [-0.1, -0.05) is 0 Å². The summed E-state index contributed by atoms with van der Waals surface area (Å²) in [5.41, 5.74) is 0.0604. The van der Waals surface area contributed by atoms with E-state index in [1.807, 2.05) is 0 Å². The predicted molar refractivity (Wildman–Crippen MR) is 64.0 cm³/mol. The van der Waals surface area contributed by atoms with E-state index in [0.717, 1.165) is 11.5 Å². The number of benzene rings is 1. The number of sulfone groups is 1. The van der Waals surface area contributed by atoms with Gasteiger partial charge in [0.15, 0.2) is 9.84 Å². The van der Waals surface area contributed by atoms with Crippen LogP contribution in [-0.2, 0) is 9.84 Å². The lowest BCUT2D eigenvalue weighted by molar-refractivity contribution is 0.0947. The van der Waals surface area contributed by atoms with Gasteiger partial charge in [0, 0.05) is 17.0 Å². The molecular formula is C11H11NO5S. The van der Waals surface area contributed by atoms with Crippen molar-refractivity contribution >= 4 is 15.7 Å². The van der Waals surface area contributed by atoms with E-state index in [9.17, 15) is 23.4 Å². The molecule has 3 N–H and O–H groups in total. The fourth-order valence-corrected chi connectivity index (χ4v) is 2.88. The van der Waals surface area contributed by atoms with Crippen LogP contribution in [0, 0.1) is 0 Å². The molecule has 7 heteroatoms. The van der Waals surface area contributed by atoms with Crippen LogP contribution in [0.2, 0.25) is 0 Å². The Hall–Kier alpha value is -2.02. The van der Waals surface area contributed by atoms with E-state index in [-0.39, 0.29) is 22.8 Å². The van der Waals surface area contributed by atoms with Gasteiger partial charge in [-0.15, -0.1) is 0 Å². The molecule has 1 unspecified atom stereocenters. The molecule has 6 nitrogen and oxygen atoms in total. The maximum absolute atomic E-state index is 11.8. The Labute approximate surface area is 103 Å². The standard InChI is InChI=1S/C11H11NO5S/c13-9-3-7(4-10(14)5-9)11(15)12-8-1-2-18(16,17)6-8/h1-5,8,13-14H,6H2,(H,12,15). The Morgan fingerprint density at radius 1 is 1.22 bits per heavy atom. The highest BCUT2D eigenvalue weighted by Gasteiger charge is 2.23. The first-order valence-electron chi connectivity index (χ1n) is 5.10. The quantitative estimate of drug-likeness (QED) is 0.708. The van der Waals surface area contributed by atoms with E-state index in [2.05, 4.69) is 5.32 Å². The molecule has 1 aliphatic rings. The summed E-state index contributed by atoms with van der Waals surface area (Å²) in [6.45, 7) is 0. The molecule has 0 spiro atoms. The third-order valence-corrected chi connectivity index (χ3v) is 3.81. The summed E-state index contributed by atoms with van der Waals surface area (Å²) in [6, 6.07) is 2.87. The fourth-order valence-electron chi connectivity index (χ4n) is 1.64. The molecule has 0 bridgehead atoms. The number of hydrogen-bond donors (Lipinski definition) is 3. The van der Waals surface area contributed by atoms with Crippen LogP contribution in [0.5, 0.6) is 11.5 Å². The summed E-state index contributed by atoms with van der Waals surface area (Å²) in [7, 11) is -3.23. The molecule has 1 aliphatic heterocycles. The summed E-state index contributed by atoms with van der Waals surface area (Å²) < 4.78 is 22.3. The molecule has 0 radical (unpaired) electrons. The van der Waals surface area contributed by atoms with Crippen molar-refractivity contribution in [2.24, 2.45) is 0 Å². The summed E-state index contributed by atoms with van der Waals surface area (Å²) in [5, 5.41) is 22.0. The smallest absolute Gasteiger partial charge is 0.252 e. The van der Waals surface area contributed by atoms with Gasteiger partial charge < -0.3 is 15.5 Å². The second-order valence-corrected chi connectivity index (χ2v) is 5.91. The minimum Gasteiger partial charge on any atom is -0.508 e. The van der Waals surface area contributed by atoms with Crippen LogP contribution >= 0.6 is 0 Å². The monoisotopic (exact) mass is 269 g/mol. The topological polar surface area (TPSA) is 104 Å². The van der Waals surface area contributed by atoms with Gasteiger partial charge in [-0.3, -0.25) is 4.79 Å². The Morgan fingerprint density at radius 2 is 1.83 bits per heavy atom. The molecule has 1 atom stereocenters. The van der Waals surface area contributed by atoms with Gasteiger partial charge in [-0.25, -0.2) is 8.42 Å². The summed E-state index contributed by atoms with van der Waals surface area (Å²) in [6.07, 6.45) is 1.38. The molecule has 0 aliphatic carbocycles. The lowest BCUT2D eigenvalue weighted by Crippen LogP contribution is -2.35. The lowest BCUT2D eigenvalue weighted by Gasteiger charge is -2.10. The Balaban J connectivity index is 2.11.